The van der Waals surface area contributed by atoms with E-state index in [1.807, 2.05) is 25.1 Å². The van der Waals surface area contributed by atoms with Crippen molar-refractivity contribution in [1.29, 1.82) is 0 Å². The molecule has 0 atom stereocenters. The van der Waals surface area contributed by atoms with E-state index in [0.717, 1.165) is 18.1 Å². The molecule has 0 heterocycles. The Hall–Kier alpha value is -3.08. The van der Waals surface area contributed by atoms with Crippen molar-refractivity contribution in [3.63, 3.8) is 0 Å². The van der Waals surface area contributed by atoms with Gasteiger partial charge in [-0.2, -0.15) is 0 Å². The van der Waals surface area contributed by atoms with Crippen LogP contribution in [-0.4, -0.2) is 25.2 Å². The van der Waals surface area contributed by atoms with E-state index in [1.54, 1.807) is 30.3 Å². The molecule has 0 radical (unpaired) electrons. The minimum absolute atomic E-state index is 0.345. The monoisotopic (exact) mass is 354 g/mol. The van der Waals surface area contributed by atoms with Gasteiger partial charge in [-0.05, 0) is 61.7 Å². The van der Waals surface area contributed by atoms with Gasteiger partial charge in [-0.3, -0.25) is 0 Å². The molecule has 5 nitrogen and oxygen atoms in total. The Bertz CT molecular complexity index is 749. The van der Waals surface area contributed by atoms with Crippen molar-refractivity contribution in [2.75, 3.05) is 13.2 Å². The third kappa shape index (κ3) is 6.43. The van der Waals surface area contributed by atoms with Crippen LogP contribution in [0.1, 0.15) is 28.8 Å². The number of ether oxygens (including phenoxy) is 3. The lowest BCUT2D eigenvalue weighted by molar-refractivity contribution is -0.137. The first-order valence-corrected chi connectivity index (χ1v) is 8.39. The highest BCUT2D eigenvalue weighted by Crippen LogP contribution is 2.17. The SMILES string of the molecule is C=CC(=O)OCCCCOc1ccc(C(=O)Oc2cccc(C)c2)cc1. The normalized spacial score (nSPS) is 10.0. The Labute approximate surface area is 153 Å². The van der Waals surface area contributed by atoms with Gasteiger partial charge in [0.15, 0.2) is 0 Å². The van der Waals surface area contributed by atoms with Crippen molar-refractivity contribution in [2.45, 2.75) is 19.8 Å². The number of hydrogen-bond acceptors (Lipinski definition) is 5. The second-order valence-electron chi connectivity index (χ2n) is 5.66. The van der Waals surface area contributed by atoms with Crippen LogP contribution in [-0.2, 0) is 9.53 Å². The highest BCUT2D eigenvalue weighted by atomic mass is 16.5. The fraction of sp³-hybridized carbons (Fsp3) is 0.238. The summed E-state index contributed by atoms with van der Waals surface area (Å²) in [5.74, 6) is 0.359. The molecule has 0 amide bonds. The van der Waals surface area contributed by atoms with Crippen LogP contribution >= 0.6 is 0 Å². The molecule has 0 fully saturated rings. The molecule has 0 bridgehead atoms. The number of carbonyl (C=O) groups is 2. The molecular weight excluding hydrogens is 332 g/mol. The number of unbranched alkanes of at least 4 members (excludes halogenated alkanes) is 1. The Balaban J connectivity index is 1.74. The van der Waals surface area contributed by atoms with Crippen LogP contribution in [0.2, 0.25) is 0 Å². The van der Waals surface area contributed by atoms with Gasteiger partial charge in [0.25, 0.3) is 0 Å². The first-order chi connectivity index (χ1) is 12.6. The molecule has 0 aliphatic heterocycles. The fourth-order valence-corrected chi connectivity index (χ4v) is 2.16. The summed E-state index contributed by atoms with van der Waals surface area (Å²) in [5.41, 5.74) is 1.48. The maximum atomic E-state index is 12.1. The number of hydrogen-bond donors (Lipinski definition) is 0. The van der Waals surface area contributed by atoms with Crippen LogP contribution in [0.4, 0.5) is 0 Å². The lowest BCUT2D eigenvalue weighted by atomic mass is 10.2. The quantitative estimate of drug-likeness (QED) is 0.294. The lowest BCUT2D eigenvalue weighted by Crippen LogP contribution is -2.08. The summed E-state index contributed by atoms with van der Waals surface area (Å²) in [6.07, 6.45) is 2.60. The van der Waals surface area contributed by atoms with Gasteiger partial charge in [-0.1, -0.05) is 18.7 Å². The van der Waals surface area contributed by atoms with Crippen LogP contribution in [0.3, 0.4) is 0 Å². The number of carbonyl (C=O) groups excluding carboxylic acids is 2. The zero-order valence-corrected chi connectivity index (χ0v) is 14.8. The van der Waals surface area contributed by atoms with Crippen molar-refractivity contribution in [1.82, 2.24) is 0 Å². The summed E-state index contributed by atoms with van der Waals surface area (Å²) in [6.45, 7) is 6.11. The molecule has 136 valence electrons. The zero-order chi connectivity index (χ0) is 18.8. The Morgan fingerprint density at radius 3 is 2.42 bits per heavy atom. The van der Waals surface area contributed by atoms with Crippen LogP contribution in [0.5, 0.6) is 11.5 Å². The largest absolute Gasteiger partial charge is 0.494 e. The zero-order valence-electron chi connectivity index (χ0n) is 14.8. The Kier molecular flexibility index (Phi) is 7.43. The highest BCUT2D eigenvalue weighted by Gasteiger charge is 2.09. The van der Waals surface area contributed by atoms with Gasteiger partial charge in [0, 0.05) is 6.08 Å². The Morgan fingerprint density at radius 2 is 1.73 bits per heavy atom. The van der Waals surface area contributed by atoms with Crippen molar-refractivity contribution in [3.8, 4) is 11.5 Å². The first-order valence-electron chi connectivity index (χ1n) is 8.39. The average molecular weight is 354 g/mol. The predicted octanol–water partition coefficient (Wildman–Crippen LogP) is 4.10. The summed E-state index contributed by atoms with van der Waals surface area (Å²) in [7, 11) is 0. The standard InChI is InChI=1S/C21H22O5/c1-3-20(22)25-14-5-4-13-24-18-11-9-17(10-12-18)21(23)26-19-8-6-7-16(2)15-19/h3,6-12,15H,1,4-5,13-14H2,2H3. The van der Waals surface area contributed by atoms with E-state index in [0.29, 0.717) is 36.7 Å². The van der Waals surface area contributed by atoms with Gasteiger partial charge < -0.3 is 14.2 Å². The number of aryl methyl sites for hydroxylation is 1. The topological polar surface area (TPSA) is 61.8 Å². The van der Waals surface area contributed by atoms with Crippen molar-refractivity contribution < 1.29 is 23.8 Å². The van der Waals surface area contributed by atoms with Crippen LogP contribution in [0.15, 0.2) is 61.2 Å². The van der Waals surface area contributed by atoms with Crippen molar-refractivity contribution >= 4 is 11.9 Å². The molecule has 0 unspecified atom stereocenters. The summed E-state index contributed by atoms with van der Waals surface area (Å²) in [6, 6.07) is 14.1. The fourth-order valence-electron chi connectivity index (χ4n) is 2.16. The third-order valence-electron chi connectivity index (χ3n) is 3.51. The highest BCUT2D eigenvalue weighted by molar-refractivity contribution is 5.91. The van der Waals surface area contributed by atoms with Crippen molar-refractivity contribution in [2.24, 2.45) is 0 Å². The molecule has 0 spiro atoms. The third-order valence-corrected chi connectivity index (χ3v) is 3.51. The second kappa shape index (κ2) is 10.0. The van der Waals surface area contributed by atoms with Gasteiger partial charge >= 0.3 is 11.9 Å². The van der Waals surface area contributed by atoms with E-state index >= 15 is 0 Å². The van der Waals surface area contributed by atoms with E-state index in [4.69, 9.17) is 14.2 Å². The molecule has 0 aliphatic rings. The number of benzene rings is 2. The van der Waals surface area contributed by atoms with Crippen LogP contribution in [0, 0.1) is 6.92 Å². The van der Waals surface area contributed by atoms with E-state index in [9.17, 15) is 9.59 Å². The van der Waals surface area contributed by atoms with Crippen molar-refractivity contribution in [3.05, 3.63) is 72.3 Å². The maximum Gasteiger partial charge on any atom is 0.343 e. The second-order valence-corrected chi connectivity index (χ2v) is 5.66. The summed E-state index contributed by atoms with van der Waals surface area (Å²) < 4.78 is 15.8. The maximum absolute atomic E-state index is 12.1. The smallest absolute Gasteiger partial charge is 0.343 e. The Morgan fingerprint density at radius 1 is 1.00 bits per heavy atom. The number of esters is 2. The lowest BCUT2D eigenvalue weighted by Gasteiger charge is -2.08. The molecule has 2 aromatic rings. The van der Waals surface area contributed by atoms with E-state index in [-0.39, 0.29) is 0 Å². The van der Waals surface area contributed by atoms with Gasteiger partial charge in [0.2, 0.25) is 0 Å². The molecule has 0 aliphatic carbocycles. The first kappa shape index (κ1) is 19.2. The summed E-state index contributed by atoms with van der Waals surface area (Å²) >= 11 is 0. The minimum atomic E-state index is -0.418. The van der Waals surface area contributed by atoms with Crippen LogP contribution < -0.4 is 9.47 Å². The number of rotatable bonds is 9. The molecule has 26 heavy (non-hydrogen) atoms. The van der Waals surface area contributed by atoms with E-state index in [1.165, 1.54) is 0 Å². The van der Waals surface area contributed by atoms with Gasteiger partial charge in [-0.25, -0.2) is 9.59 Å². The van der Waals surface area contributed by atoms with Gasteiger partial charge in [0.05, 0.1) is 18.8 Å². The molecular formula is C21H22O5. The van der Waals surface area contributed by atoms with Crippen LogP contribution in [0.25, 0.3) is 0 Å². The predicted molar refractivity (Wildman–Crippen MR) is 98.5 cm³/mol. The summed E-state index contributed by atoms with van der Waals surface area (Å²) in [4.78, 5) is 23.0. The van der Waals surface area contributed by atoms with E-state index < -0.39 is 11.9 Å². The molecule has 5 heteroatoms. The molecule has 2 rings (SSSR count). The molecule has 0 saturated heterocycles. The molecule has 0 N–H and O–H groups in total. The van der Waals surface area contributed by atoms with E-state index in [2.05, 4.69) is 6.58 Å². The summed E-state index contributed by atoms with van der Waals surface area (Å²) in [5, 5.41) is 0. The van der Waals surface area contributed by atoms with Gasteiger partial charge in [-0.15, -0.1) is 0 Å². The van der Waals surface area contributed by atoms with Gasteiger partial charge in [0.1, 0.15) is 11.5 Å². The minimum Gasteiger partial charge on any atom is -0.494 e. The molecule has 0 aromatic heterocycles. The molecule has 2 aromatic carbocycles. The average Bonchev–Trinajstić information content (AvgIpc) is 2.64. The molecule has 0 saturated carbocycles.